The molecule has 7 nitrogen and oxygen atoms in total. The molecule has 1 aromatic carbocycles. The van der Waals surface area contributed by atoms with Gasteiger partial charge < -0.3 is 26.0 Å². The van der Waals surface area contributed by atoms with Crippen LogP contribution in [0.1, 0.15) is 87.0 Å². The minimum Gasteiger partial charge on any atom is -0.480 e. The monoisotopic (exact) mass is 580 g/mol. The predicted octanol–water partition coefficient (Wildman–Crippen LogP) is 7.39. The van der Waals surface area contributed by atoms with E-state index >= 15 is 0 Å². The maximum atomic E-state index is 11.6. The topological polar surface area (TPSA) is 122 Å². The van der Waals surface area contributed by atoms with E-state index in [2.05, 4.69) is 56.0 Å². The summed E-state index contributed by atoms with van der Waals surface area (Å²) in [7, 11) is 1.43. The zero-order valence-corrected chi connectivity index (χ0v) is 27.0. The molecule has 5 N–H and O–H groups in total. The molecule has 0 saturated carbocycles. The molecule has 1 rings (SSSR count). The maximum absolute atomic E-state index is 11.6. The minimum atomic E-state index is -0.971. The van der Waals surface area contributed by atoms with Crippen molar-refractivity contribution in [2.24, 2.45) is 0 Å². The lowest BCUT2D eigenvalue weighted by molar-refractivity contribution is -0.141. The van der Waals surface area contributed by atoms with Gasteiger partial charge in [-0.3, -0.25) is 4.79 Å². The van der Waals surface area contributed by atoms with Crippen molar-refractivity contribution in [3.8, 4) is 0 Å². The van der Waals surface area contributed by atoms with Gasteiger partial charge in [-0.15, -0.1) is 0 Å². The Kier molecular flexibility index (Phi) is 32.5. The number of nitrogens with two attached hydrogens (primary N) is 1. The number of carboxylic acids is 1. The molecular weight excluding hydrogens is 524 g/mol. The molecule has 0 fully saturated rings. The number of hydrogen-bond acceptors (Lipinski definition) is 6. The number of amides is 1. The van der Waals surface area contributed by atoms with Crippen LogP contribution < -0.4 is 11.1 Å². The Hall–Kier alpha value is -2.55. The van der Waals surface area contributed by atoms with E-state index in [1.54, 1.807) is 0 Å². The van der Waals surface area contributed by atoms with Crippen molar-refractivity contribution in [3.05, 3.63) is 65.3 Å². The van der Waals surface area contributed by atoms with Crippen molar-refractivity contribution in [3.63, 3.8) is 0 Å². The van der Waals surface area contributed by atoms with Crippen molar-refractivity contribution in [2.45, 2.75) is 93.0 Å². The molecule has 0 radical (unpaired) electrons. The van der Waals surface area contributed by atoms with E-state index in [9.17, 15) is 14.7 Å². The number of nitrogens with one attached hydrogen (secondary N) is 1. The quantitative estimate of drug-likeness (QED) is 0.0738. The van der Waals surface area contributed by atoms with Gasteiger partial charge in [0.2, 0.25) is 5.91 Å². The number of allylic oxidation sites excluding steroid dienone is 5. The smallest absolute Gasteiger partial charge is 0.327 e. The molecule has 230 valence electrons. The molecule has 0 aliphatic heterocycles. The lowest BCUT2D eigenvalue weighted by Crippen LogP contribution is -2.42. The molecule has 0 spiro atoms. The van der Waals surface area contributed by atoms with Crippen LogP contribution in [0.15, 0.2) is 65.3 Å². The lowest BCUT2D eigenvalue weighted by Gasteiger charge is -2.13. The third kappa shape index (κ3) is 31.7. The van der Waals surface area contributed by atoms with Crippen LogP contribution in [0.4, 0.5) is 5.69 Å². The van der Waals surface area contributed by atoms with Crippen LogP contribution in [0, 0.1) is 0 Å². The van der Waals surface area contributed by atoms with Crippen LogP contribution in [0.3, 0.4) is 0 Å². The fourth-order valence-corrected chi connectivity index (χ4v) is 3.85. The highest BCUT2D eigenvalue weighted by Crippen LogP contribution is 2.13. The lowest BCUT2D eigenvalue weighted by atomic mass is 10.1. The standard InChI is InChI=1S/C22H37NO3S.C6H7N.C2H6O2.C2H6/c1-6-9-21(24)23-20(22(25)26)16-27-15-14-19(5)13-8-12-18(4)11-7-10-17(2)3;7-6-4-2-1-3-5-6;1-4-2-3;1-2/h10,12,14,20H,6-9,11,13,15-16H2,1-5H3,(H,23,24)(H,25,26);1-5H,7H2;3H,2H2,1H3;1-2H3/b18-12+,19-14+;;;. The fourth-order valence-electron chi connectivity index (χ4n) is 2.85. The predicted molar refractivity (Wildman–Crippen MR) is 174 cm³/mol. The second-order valence-corrected chi connectivity index (χ2v) is 10.1. The number of aliphatic hydroxyl groups excluding tert-OH is 1. The van der Waals surface area contributed by atoms with E-state index in [0.29, 0.717) is 12.2 Å². The minimum absolute atomic E-state index is 0.181. The van der Waals surface area contributed by atoms with Gasteiger partial charge in [-0.2, -0.15) is 11.8 Å². The van der Waals surface area contributed by atoms with Crippen molar-refractivity contribution >= 4 is 29.3 Å². The number of nitrogen functional groups attached to an aromatic ring is 1. The zero-order chi connectivity index (χ0) is 31.2. The number of aliphatic carboxylic acids is 1. The van der Waals surface area contributed by atoms with Gasteiger partial charge >= 0.3 is 5.97 Å². The van der Waals surface area contributed by atoms with Gasteiger partial charge in [0.1, 0.15) is 12.8 Å². The Labute approximate surface area is 248 Å². The van der Waals surface area contributed by atoms with Crippen LogP contribution in [-0.4, -0.2) is 53.5 Å². The van der Waals surface area contributed by atoms with Gasteiger partial charge in [0, 0.05) is 30.7 Å². The number of para-hydroxylation sites is 1. The number of methoxy groups -OCH3 is 1. The number of carboxylic acid groups (broad SMARTS) is 1. The zero-order valence-electron chi connectivity index (χ0n) is 26.2. The highest BCUT2D eigenvalue weighted by Gasteiger charge is 2.18. The summed E-state index contributed by atoms with van der Waals surface area (Å²) in [6.07, 6.45) is 12.1. The average Bonchev–Trinajstić information content (AvgIpc) is 2.92. The first-order valence-electron chi connectivity index (χ1n) is 14.0. The van der Waals surface area contributed by atoms with Crippen LogP contribution in [0.25, 0.3) is 0 Å². The van der Waals surface area contributed by atoms with E-state index in [-0.39, 0.29) is 12.7 Å². The van der Waals surface area contributed by atoms with Gasteiger partial charge in [-0.1, -0.05) is 73.9 Å². The van der Waals surface area contributed by atoms with Gasteiger partial charge in [0.15, 0.2) is 0 Å². The summed E-state index contributed by atoms with van der Waals surface area (Å²) in [5.41, 5.74) is 10.3. The van der Waals surface area contributed by atoms with Crippen molar-refractivity contribution in [1.82, 2.24) is 5.32 Å². The number of anilines is 1. The summed E-state index contributed by atoms with van der Waals surface area (Å²) in [5.74, 6) is -0.00847. The Morgan fingerprint density at radius 3 is 1.93 bits per heavy atom. The third-order valence-corrected chi connectivity index (χ3v) is 5.97. The molecule has 0 aliphatic rings. The molecule has 0 bridgehead atoms. The highest BCUT2D eigenvalue weighted by atomic mass is 32.2. The summed E-state index contributed by atoms with van der Waals surface area (Å²) in [6, 6.07) is 8.68. The number of ether oxygens (including phenoxy) is 1. The van der Waals surface area contributed by atoms with Crippen LogP contribution in [0.5, 0.6) is 0 Å². The van der Waals surface area contributed by atoms with Crippen LogP contribution in [0.2, 0.25) is 0 Å². The SMILES string of the molecule is CC.CCCC(=O)NC(CSC/C=C(\C)CC/C=C(\C)CCC=C(C)C)C(=O)O.COCO.Nc1ccccc1. The Bertz CT molecular complexity index is 833. The van der Waals surface area contributed by atoms with Crippen molar-refractivity contribution in [1.29, 1.82) is 0 Å². The molecule has 40 heavy (non-hydrogen) atoms. The van der Waals surface area contributed by atoms with Gasteiger partial charge in [0.05, 0.1) is 0 Å². The number of benzene rings is 1. The van der Waals surface area contributed by atoms with E-state index < -0.39 is 12.0 Å². The second kappa shape index (κ2) is 31.0. The van der Waals surface area contributed by atoms with E-state index in [1.165, 1.54) is 35.6 Å². The van der Waals surface area contributed by atoms with Crippen LogP contribution in [-0.2, 0) is 14.3 Å². The fraction of sp³-hybridized carbons (Fsp3) is 0.562. The van der Waals surface area contributed by atoms with Gasteiger partial charge in [-0.25, -0.2) is 4.79 Å². The molecule has 0 aromatic heterocycles. The first-order valence-corrected chi connectivity index (χ1v) is 15.2. The van der Waals surface area contributed by atoms with Gasteiger partial charge in [-0.05, 0) is 71.9 Å². The summed E-state index contributed by atoms with van der Waals surface area (Å²) in [5, 5.41) is 19.4. The number of hydrogen-bond donors (Lipinski definition) is 4. The molecule has 1 aromatic rings. The van der Waals surface area contributed by atoms with Gasteiger partial charge in [0.25, 0.3) is 0 Å². The molecule has 0 saturated heterocycles. The number of carbonyl (C=O) groups is 2. The summed E-state index contributed by atoms with van der Waals surface area (Å²) in [4.78, 5) is 22.8. The number of rotatable bonds is 15. The summed E-state index contributed by atoms with van der Waals surface area (Å²) < 4.78 is 4.10. The Morgan fingerprint density at radius 2 is 1.50 bits per heavy atom. The van der Waals surface area contributed by atoms with Crippen molar-refractivity contribution < 1.29 is 24.5 Å². The average molecular weight is 581 g/mol. The Morgan fingerprint density at radius 1 is 0.975 bits per heavy atom. The normalized spacial score (nSPS) is 11.3. The molecule has 8 heteroatoms. The third-order valence-electron chi connectivity index (χ3n) is 5.00. The molecular formula is C32H56N2O5S. The van der Waals surface area contributed by atoms with Crippen molar-refractivity contribution in [2.75, 3.05) is 31.1 Å². The molecule has 0 aliphatic carbocycles. The summed E-state index contributed by atoms with van der Waals surface area (Å²) in [6.45, 7) is 14.3. The van der Waals surface area contributed by atoms with E-state index in [4.69, 9.17) is 10.8 Å². The highest BCUT2D eigenvalue weighted by molar-refractivity contribution is 7.99. The molecule has 1 unspecified atom stereocenters. The molecule has 0 heterocycles. The number of carbonyl (C=O) groups excluding carboxylic acids is 1. The maximum Gasteiger partial charge on any atom is 0.327 e. The number of aliphatic hydroxyl groups is 1. The number of thioether (sulfide) groups is 1. The Balaban J connectivity index is -0.000000859. The largest absolute Gasteiger partial charge is 0.480 e. The van der Waals surface area contributed by atoms with E-state index in [0.717, 1.165) is 43.5 Å². The first kappa shape index (κ1) is 41.9. The van der Waals surface area contributed by atoms with E-state index in [1.807, 2.05) is 51.1 Å². The molecule has 1 atom stereocenters. The first-order chi connectivity index (χ1) is 19.1. The second-order valence-electron chi connectivity index (χ2n) is 9.03. The molecule has 1 amide bonds. The van der Waals surface area contributed by atoms with Crippen LogP contribution >= 0.6 is 11.8 Å². The summed E-state index contributed by atoms with van der Waals surface area (Å²) >= 11 is 1.54.